The maximum Gasteiger partial charge on any atom is 0.326 e. The zero-order valence-corrected chi connectivity index (χ0v) is 10.3. The molecule has 1 N–H and O–H groups in total. The molecule has 0 bridgehead atoms. The van der Waals surface area contributed by atoms with Crippen LogP contribution in [0.1, 0.15) is 19.4 Å². The highest BCUT2D eigenvalue weighted by Gasteiger charge is 2.25. The molecule has 4 nitrogen and oxygen atoms in total. The zero-order valence-electron chi connectivity index (χ0n) is 10.3. The van der Waals surface area contributed by atoms with Crippen molar-refractivity contribution in [1.29, 1.82) is 0 Å². The Morgan fingerprint density at radius 1 is 1.50 bits per heavy atom. The molecule has 1 aliphatic rings. The predicted molar refractivity (Wildman–Crippen MR) is 68.3 cm³/mol. The Morgan fingerprint density at radius 3 is 3.06 bits per heavy atom. The largest absolute Gasteiger partial charge is 0.326 e. The van der Waals surface area contributed by atoms with Crippen LogP contribution in [-0.4, -0.2) is 34.1 Å². The number of nitrogens with one attached hydrogen (secondary N) is 1. The lowest BCUT2D eigenvalue weighted by atomic mass is 10.2. The molecule has 1 unspecified atom stereocenters. The molecule has 0 aliphatic carbocycles. The average molecular weight is 249 g/mol. The molecule has 1 saturated heterocycles. The molecule has 0 saturated carbocycles. The molecule has 2 heterocycles. The Bertz CT molecular complexity index is 631. The molecule has 5 heteroatoms. The third kappa shape index (κ3) is 1.75. The Hall–Kier alpha value is -1.62. The average Bonchev–Trinajstić information content (AvgIpc) is 2.91. The lowest BCUT2D eigenvalue weighted by Crippen LogP contribution is -2.26. The first-order valence-corrected chi connectivity index (χ1v) is 6.31. The quantitative estimate of drug-likeness (QED) is 0.880. The van der Waals surface area contributed by atoms with Gasteiger partial charge in [0.1, 0.15) is 5.82 Å². The molecule has 1 aromatic carbocycles. The number of nitrogens with zero attached hydrogens (tertiary/aromatic N) is 2. The van der Waals surface area contributed by atoms with E-state index in [1.807, 2.05) is 0 Å². The third-order valence-corrected chi connectivity index (χ3v) is 3.74. The highest BCUT2D eigenvalue weighted by atomic mass is 19.1. The SMILES string of the molecule is CCN1CCC(n2c(=O)[nH]c3cc(F)ccc32)C1. The first-order chi connectivity index (χ1) is 8.69. The standard InChI is InChI=1S/C13H16FN3O/c1-2-16-6-5-10(8-16)17-12-4-3-9(14)7-11(12)15-13(17)18/h3-4,7,10H,2,5-6,8H2,1H3,(H,15,18). The number of rotatable bonds is 2. The molecule has 0 spiro atoms. The van der Waals surface area contributed by atoms with Gasteiger partial charge in [-0.15, -0.1) is 0 Å². The van der Waals surface area contributed by atoms with Gasteiger partial charge in [-0.05, 0) is 31.2 Å². The third-order valence-electron chi connectivity index (χ3n) is 3.74. The summed E-state index contributed by atoms with van der Waals surface area (Å²) in [5, 5.41) is 0. The number of H-pyrrole nitrogens is 1. The molecular formula is C13H16FN3O. The van der Waals surface area contributed by atoms with Crippen molar-refractivity contribution in [3.63, 3.8) is 0 Å². The number of hydrogen-bond donors (Lipinski definition) is 1. The van der Waals surface area contributed by atoms with Gasteiger partial charge in [0, 0.05) is 13.1 Å². The number of aromatic amines is 1. The number of likely N-dealkylation sites (N-methyl/N-ethyl adjacent to an activating group) is 1. The van der Waals surface area contributed by atoms with E-state index in [2.05, 4.69) is 16.8 Å². The van der Waals surface area contributed by atoms with E-state index in [9.17, 15) is 9.18 Å². The second-order valence-corrected chi connectivity index (χ2v) is 4.80. The second-order valence-electron chi connectivity index (χ2n) is 4.80. The number of imidazole rings is 1. The van der Waals surface area contributed by atoms with Crippen LogP contribution < -0.4 is 5.69 Å². The van der Waals surface area contributed by atoms with E-state index in [1.165, 1.54) is 12.1 Å². The van der Waals surface area contributed by atoms with Gasteiger partial charge in [0.25, 0.3) is 0 Å². The van der Waals surface area contributed by atoms with Crippen molar-refractivity contribution in [2.45, 2.75) is 19.4 Å². The van der Waals surface area contributed by atoms with Gasteiger partial charge in [-0.2, -0.15) is 0 Å². The van der Waals surface area contributed by atoms with Gasteiger partial charge in [0.2, 0.25) is 0 Å². The molecule has 0 amide bonds. The van der Waals surface area contributed by atoms with Crippen molar-refractivity contribution in [3.05, 3.63) is 34.5 Å². The Kier molecular flexibility index (Phi) is 2.70. The molecule has 0 radical (unpaired) electrons. The van der Waals surface area contributed by atoms with Crippen LogP contribution in [0.2, 0.25) is 0 Å². The van der Waals surface area contributed by atoms with Crippen LogP contribution in [0.3, 0.4) is 0 Å². The van der Waals surface area contributed by atoms with Crippen LogP contribution in [0.4, 0.5) is 4.39 Å². The summed E-state index contributed by atoms with van der Waals surface area (Å²) in [6.07, 6.45) is 0.970. The highest BCUT2D eigenvalue weighted by Crippen LogP contribution is 2.23. The number of halogens is 1. The van der Waals surface area contributed by atoms with Crippen LogP contribution in [0.25, 0.3) is 11.0 Å². The minimum Gasteiger partial charge on any atom is -0.305 e. The summed E-state index contributed by atoms with van der Waals surface area (Å²) < 4.78 is 14.9. The number of aromatic nitrogens is 2. The van der Waals surface area contributed by atoms with E-state index < -0.39 is 0 Å². The van der Waals surface area contributed by atoms with Crippen molar-refractivity contribution in [2.75, 3.05) is 19.6 Å². The van der Waals surface area contributed by atoms with Crippen LogP contribution in [0.5, 0.6) is 0 Å². The van der Waals surface area contributed by atoms with Gasteiger partial charge in [0.15, 0.2) is 0 Å². The molecular weight excluding hydrogens is 233 g/mol. The van der Waals surface area contributed by atoms with E-state index in [4.69, 9.17) is 0 Å². The first kappa shape index (κ1) is 11.5. The summed E-state index contributed by atoms with van der Waals surface area (Å²) in [4.78, 5) is 17.0. The maximum absolute atomic E-state index is 13.1. The fourth-order valence-electron chi connectivity index (χ4n) is 2.78. The van der Waals surface area contributed by atoms with Gasteiger partial charge in [-0.1, -0.05) is 6.92 Å². The van der Waals surface area contributed by atoms with Crippen molar-refractivity contribution in [3.8, 4) is 0 Å². The highest BCUT2D eigenvalue weighted by molar-refractivity contribution is 5.75. The summed E-state index contributed by atoms with van der Waals surface area (Å²) in [6.45, 7) is 5.03. The predicted octanol–water partition coefficient (Wildman–Crippen LogP) is 1.74. The fourth-order valence-corrected chi connectivity index (χ4v) is 2.78. The summed E-state index contributed by atoms with van der Waals surface area (Å²) in [5.41, 5.74) is 1.23. The molecule has 1 aliphatic heterocycles. The van der Waals surface area contributed by atoms with Crippen molar-refractivity contribution in [2.24, 2.45) is 0 Å². The number of likely N-dealkylation sites (tertiary alicyclic amines) is 1. The van der Waals surface area contributed by atoms with E-state index in [0.717, 1.165) is 31.6 Å². The lowest BCUT2D eigenvalue weighted by Gasteiger charge is -2.14. The molecule has 1 atom stereocenters. The summed E-state index contributed by atoms with van der Waals surface area (Å²) in [6, 6.07) is 4.65. The monoisotopic (exact) mass is 249 g/mol. The van der Waals surface area contributed by atoms with Crippen molar-refractivity contribution in [1.82, 2.24) is 14.5 Å². The van der Waals surface area contributed by atoms with E-state index in [1.54, 1.807) is 10.6 Å². The van der Waals surface area contributed by atoms with E-state index in [0.29, 0.717) is 5.52 Å². The minimum atomic E-state index is -0.322. The summed E-state index contributed by atoms with van der Waals surface area (Å²) in [7, 11) is 0. The second kappa shape index (κ2) is 4.24. The van der Waals surface area contributed by atoms with Crippen molar-refractivity contribution >= 4 is 11.0 Å². The normalized spacial score (nSPS) is 20.9. The first-order valence-electron chi connectivity index (χ1n) is 6.31. The minimum absolute atomic E-state index is 0.140. The van der Waals surface area contributed by atoms with Crippen LogP contribution in [-0.2, 0) is 0 Å². The molecule has 3 rings (SSSR count). The number of fused-ring (bicyclic) bond motifs is 1. The Labute approximate surface area is 104 Å². The van der Waals surface area contributed by atoms with Gasteiger partial charge >= 0.3 is 5.69 Å². The smallest absolute Gasteiger partial charge is 0.305 e. The maximum atomic E-state index is 13.1. The Morgan fingerprint density at radius 2 is 2.33 bits per heavy atom. The Balaban J connectivity index is 2.07. The molecule has 18 heavy (non-hydrogen) atoms. The van der Waals surface area contributed by atoms with Crippen molar-refractivity contribution < 1.29 is 4.39 Å². The van der Waals surface area contributed by atoms with Crippen LogP contribution >= 0.6 is 0 Å². The molecule has 96 valence electrons. The summed E-state index contributed by atoms with van der Waals surface area (Å²) >= 11 is 0. The summed E-state index contributed by atoms with van der Waals surface area (Å²) in [5.74, 6) is -0.322. The molecule has 2 aromatic rings. The van der Waals surface area contributed by atoms with Gasteiger partial charge < -0.3 is 9.88 Å². The van der Waals surface area contributed by atoms with Gasteiger partial charge in [-0.25, -0.2) is 9.18 Å². The van der Waals surface area contributed by atoms with Gasteiger partial charge in [-0.3, -0.25) is 4.57 Å². The van der Waals surface area contributed by atoms with E-state index >= 15 is 0 Å². The van der Waals surface area contributed by atoms with E-state index in [-0.39, 0.29) is 17.5 Å². The zero-order chi connectivity index (χ0) is 12.7. The van der Waals surface area contributed by atoms with Crippen LogP contribution in [0, 0.1) is 5.82 Å². The lowest BCUT2D eigenvalue weighted by molar-refractivity contribution is 0.341. The topological polar surface area (TPSA) is 41.0 Å². The molecule has 1 aromatic heterocycles. The molecule has 1 fully saturated rings. The fraction of sp³-hybridized carbons (Fsp3) is 0.462. The number of benzene rings is 1. The number of hydrogen-bond acceptors (Lipinski definition) is 2. The van der Waals surface area contributed by atoms with Gasteiger partial charge in [0.05, 0.1) is 17.1 Å². The van der Waals surface area contributed by atoms with Crippen LogP contribution in [0.15, 0.2) is 23.0 Å².